The lowest BCUT2D eigenvalue weighted by Crippen LogP contribution is -2.38. The molecule has 1 aliphatic heterocycles. The maximum Gasteiger partial charge on any atom is 0.312 e. The summed E-state index contributed by atoms with van der Waals surface area (Å²) >= 11 is 0. The van der Waals surface area contributed by atoms with Gasteiger partial charge >= 0.3 is 5.69 Å². The molecule has 1 fully saturated rings. The Morgan fingerprint density at radius 3 is 2.41 bits per heavy atom. The lowest BCUT2D eigenvalue weighted by atomic mass is 10.3. The van der Waals surface area contributed by atoms with Crippen LogP contribution in [-0.2, 0) is 14.8 Å². The molecule has 1 heterocycles. The van der Waals surface area contributed by atoms with Crippen LogP contribution in [0.5, 0.6) is 5.75 Å². The van der Waals surface area contributed by atoms with E-state index >= 15 is 0 Å². The van der Waals surface area contributed by atoms with E-state index in [9.17, 15) is 23.3 Å². The molecule has 9 nitrogen and oxygen atoms in total. The van der Waals surface area contributed by atoms with Crippen LogP contribution in [0.2, 0.25) is 0 Å². The number of benzene rings is 1. The lowest BCUT2D eigenvalue weighted by Gasteiger charge is -2.21. The topological polar surface area (TPSA) is 110 Å². The van der Waals surface area contributed by atoms with Crippen LogP contribution in [0.1, 0.15) is 33.6 Å². The molecular formula is C17H25N3O6S. The van der Waals surface area contributed by atoms with Crippen molar-refractivity contribution in [2.24, 2.45) is 0 Å². The standard InChI is InChI=1S/C17H25N3O6S/c1-4-19(5-2)27(24,25)14-8-9-16(15(12-14)20(22)23)26-13(3)17(21)18-10-6-7-11-18/h8-9,12-13H,4-7,10-11H2,1-3H3/t13-/m0/s1. The number of amides is 1. The molecule has 1 aliphatic rings. The van der Waals surface area contributed by atoms with Crippen LogP contribution in [0.25, 0.3) is 0 Å². The van der Waals surface area contributed by atoms with Gasteiger partial charge in [-0.3, -0.25) is 14.9 Å². The Hall–Kier alpha value is -2.20. The summed E-state index contributed by atoms with van der Waals surface area (Å²) in [6.45, 7) is 6.73. The molecule has 2 rings (SSSR count). The third-order valence-corrected chi connectivity index (χ3v) is 6.59. The van der Waals surface area contributed by atoms with Crippen LogP contribution in [0.4, 0.5) is 5.69 Å². The van der Waals surface area contributed by atoms with Gasteiger partial charge in [-0.25, -0.2) is 8.42 Å². The number of nitrogens with zero attached hydrogens (tertiary/aromatic N) is 3. The summed E-state index contributed by atoms with van der Waals surface area (Å²) in [6.07, 6.45) is 0.958. The largest absolute Gasteiger partial charge is 0.474 e. The van der Waals surface area contributed by atoms with Crippen LogP contribution < -0.4 is 4.74 Å². The third kappa shape index (κ3) is 4.56. The Morgan fingerprint density at radius 1 is 1.30 bits per heavy atom. The van der Waals surface area contributed by atoms with Crippen molar-refractivity contribution < 1.29 is 22.9 Å². The van der Waals surface area contributed by atoms with Gasteiger partial charge in [-0.15, -0.1) is 0 Å². The lowest BCUT2D eigenvalue weighted by molar-refractivity contribution is -0.386. The number of rotatable bonds is 8. The molecule has 0 aliphatic carbocycles. The van der Waals surface area contributed by atoms with E-state index in [0.29, 0.717) is 13.1 Å². The van der Waals surface area contributed by atoms with Crippen molar-refractivity contribution >= 4 is 21.6 Å². The zero-order valence-corrected chi connectivity index (χ0v) is 16.6. The Kier molecular flexibility index (Phi) is 6.77. The predicted molar refractivity (Wildman–Crippen MR) is 99.1 cm³/mol. The highest BCUT2D eigenvalue weighted by atomic mass is 32.2. The molecule has 1 atom stereocenters. The third-order valence-electron chi connectivity index (χ3n) is 4.54. The van der Waals surface area contributed by atoms with E-state index in [1.807, 2.05) is 0 Å². The van der Waals surface area contributed by atoms with Gasteiger partial charge in [0.05, 0.1) is 9.82 Å². The number of likely N-dealkylation sites (tertiary alicyclic amines) is 1. The van der Waals surface area contributed by atoms with E-state index in [0.717, 1.165) is 18.9 Å². The second-order valence-corrected chi connectivity index (χ2v) is 8.21. The van der Waals surface area contributed by atoms with Crippen molar-refractivity contribution in [3.63, 3.8) is 0 Å². The SMILES string of the molecule is CCN(CC)S(=O)(=O)c1ccc(O[C@@H](C)C(=O)N2CCCC2)c([N+](=O)[O-])c1. The van der Waals surface area contributed by atoms with Gasteiger partial charge in [0.15, 0.2) is 11.9 Å². The smallest absolute Gasteiger partial charge is 0.312 e. The van der Waals surface area contributed by atoms with Crippen molar-refractivity contribution in [3.8, 4) is 5.75 Å². The van der Waals surface area contributed by atoms with Gasteiger partial charge in [0.1, 0.15) is 0 Å². The van der Waals surface area contributed by atoms with Crippen LogP contribution in [0.3, 0.4) is 0 Å². The normalized spacial score (nSPS) is 15.8. The zero-order valence-electron chi connectivity index (χ0n) is 15.8. The quantitative estimate of drug-likeness (QED) is 0.488. The van der Waals surface area contributed by atoms with E-state index in [4.69, 9.17) is 4.74 Å². The molecule has 0 radical (unpaired) electrons. The fraction of sp³-hybridized carbons (Fsp3) is 0.588. The highest BCUT2D eigenvalue weighted by molar-refractivity contribution is 7.89. The van der Waals surface area contributed by atoms with E-state index < -0.39 is 26.7 Å². The maximum atomic E-state index is 12.6. The molecular weight excluding hydrogens is 374 g/mol. The van der Waals surface area contributed by atoms with E-state index in [-0.39, 0.29) is 29.6 Å². The highest BCUT2D eigenvalue weighted by Crippen LogP contribution is 2.32. The second kappa shape index (κ2) is 8.66. The molecule has 0 unspecified atom stereocenters. The van der Waals surface area contributed by atoms with Crippen molar-refractivity contribution in [2.75, 3.05) is 26.2 Å². The van der Waals surface area contributed by atoms with Crippen LogP contribution in [0.15, 0.2) is 23.1 Å². The van der Waals surface area contributed by atoms with E-state index in [2.05, 4.69) is 0 Å². The minimum Gasteiger partial charge on any atom is -0.474 e. The van der Waals surface area contributed by atoms with Crippen LogP contribution in [0, 0.1) is 10.1 Å². The summed E-state index contributed by atoms with van der Waals surface area (Å²) in [4.78, 5) is 24.6. The van der Waals surface area contributed by atoms with Crippen molar-refractivity contribution in [3.05, 3.63) is 28.3 Å². The molecule has 0 bridgehead atoms. The Morgan fingerprint density at radius 2 is 1.89 bits per heavy atom. The molecule has 1 amide bonds. The summed E-state index contributed by atoms with van der Waals surface area (Å²) < 4.78 is 31.9. The number of nitro benzene ring substituents is 1. The van der Waals surface area contributed by atoms with Crippen molar-refractivity contribution in [2.45, 2.75) is 44.6 Å². The summed E-state index contributed by atoms with van der Waals surface area (Å²) in [5.41, 5.74) is -0.482. The second-order valence-electron chi connectivity index (χ2n) is 6.27. The van der Waals surface area contributed by atoms with Gasteiger partial charge in [0.2, 0.25) is 10.0 Å². The Bertz CT molecular complexity index is 801. The Labute approximate surface area is 159 Å². The van der Waals surface area contributed by atoms with Gasteiger partial charge in [0, 0.05) is 32.2 Å². The molecule has 0 saturated carbocycles. The number of ether oxygens (including phenoxy) is 1. The first-order valence-corrected chi connectivity index (χ1v) is 10.4. The number of sulfonamides is 1. The number of nitro groups is 1. The molecule has 0 spiro atoms. The van der Waals surface area contributed by atoms with Gasteiger partial charge in [-0.05, 0) is 31.9 Å². The fourth-order valence-corrected chi connectivity index (χ4v) is 4.53. The Balaban J connectivity index is 2.30. The first-order chi connectivity index (χ1) is 12.7. The first kappa shape index (κ1) is 21.1. The predicted octanol–water partition coefficient (Wildman–Crippen LogP) is 2.02. The van der Waals surface area contributed by atoms with Gasteiger partial charge < -0.3 is 9.64 Å². The maximum absolute atomic E-state index is 12.6. The van der Waals surface area contributed by atoms with E-state index in [1.54, 1.807) is 18.7 Å². The van der Waals surface area contributed by atoms with Gasteiger partial charge in [-0.1, -0.05) is 13.8 Å². The number of carbonyl (C=O) groups is 1. The van der Waals surface area contributed by atoms with Crippen LogP contribution >= 0.6 is 0 Å². The van der Waals surface area contributed by atoms with Crippen molar-refractivity contribution in [1.82, 2.24) is 9.21 Å². The number of hydrogen-bond acceptors (Lipinski definition) is 6. The number of carbonyl (C=O) groups excluding carboxylic acids is 1. The summed E-state index contributed by atoms with van der Waals surface area (Å²) in [5, 5.41) is 11.4. The molecule has 0 aromatic heterocycles. The molecule has 10 heteroatoms. The van der Waals surface area contributed by atoms with Gasteiger partial charge in [-0.2, -0.15) is 4.31 Å². The zero-order chi connectivity index (χ0) is 20.2. The summed E-state index contributed by atoms with van der Waals surface area (Å²) in [6, 6.07) is 3.49. The molecule has 0 N–H and O–H groups in total. The van der Waals surface area contributed by atoms with Gasteiger partial charge in [0.25, 0.3) is 5.91 Å². The average Bonchev–Trinajstić information content (AvgIpc) is 3.16. The first-order valence-electron chi connectivity index (χ1n) is 8.96. The minimum atomic E-state index is -3.83. The highest BCUT2D eigenvalue weighted by Gasteiger charge is 2.29. The average molecular weight is 399 g/mol. The summed E-state index contributed by atoms with van der Waals surface area (Å²) in [7, 11) is -3.83. The van der Waals surface area contributed by atoms with Crippen molar-refractivity contribution in [1.29, 1.82) is 0 Å². The molecule has 27 heavy (non-hydrogen) atoms. The number of hydrogen-bond donors (Lipinski definition) is 0. The fourth-order valence-electron chi connectivity index (χ4n) is 3.05. The molecule has 1 saturated heterocycles. The molecule has 150 valence electrons. The molecule has 1 aromatic carbocycles. The van der Waals surface area contributed by atoms with E-state index in [1.165, 1.54) is 23.4 Å². The van der Waals surface area contributed by atoms with Crippen LogP contribution in [-0.4, -0.2) is 60.7 Å². The monoisotopic (exact) mass is 399 g/mol. The summed E-state index contributed by atoms with van der Waals surface area (Å²) in [5.74, 6) is -0.361. The minimum absolute atomic E-state index is 0.126. The molecule has 1 aromatic rings.